The molecule has 0 radical (unpaired) electrons. The number of aromatic nitrogens is 2. The van der Waals surface area contributed by atoms with Crippen LogP contribution in [0.4, 0.5) is 18.9 Å². The Kier molecular flexibility index (Phi) is 6.35. The van der Waals surface area contributed by atoms with Crippen molar-refractivity contribution in [2.45, 2.75) is 18.0 Å². The molecular formula is C20H17F3N4O4S. The summed E-state index contributed by atoms with van der Waals surface area (Å²) in [5, 5.41) is 1.71. The fourth-order valence-electron chi connectivity index (χ4n) is 2.73. The summed E-state index contributed by atoms with van der Waals surface area (Å²) in [5.41, 5.74) is 0.693. The van der Waals surface area contributed by atoms with Crippen molar-refractivity contribution in [3.63, 3.8) is 0 Å². The van der Waals surface area contributed by atoms with E-state index in [1.165, 1.54) is 18.2 Å². The summed E-state index contributed by atoms with van der Waals surface area (Å²) in [6.45, 7) is 0.156. The van der Waals surface area contributed by atoms with E-state index in [2.05, 4.69) is 14.7 Å². The van der Waals surface area contributed by atoms with Crippen molar-refractivity contribution >= 4 is 21.6 Å². The smallest absolute Gasteiger partial charge is 0.343 e. The molecule has 0 spiro atoms. The number of H-pyrrole nitrogens is 1. The molecule has 0 fully saturated rings. The van der Waals surface area contributed by atoms with Crippen LogP contribution in [-0.2, 0) is 10.0 Å². The lowest BCUT2D eigenvalue weighted by Crippen LogP contribution is -2.33. The highest BCUT2D eigenvalue weighted by molar-refractivity contribution is 7.92. The molecule has 0 saturated heterocycles. The van der Waals surface area contributed by atoms with Crippen molar-refractivity contribution in [2.75, 3.05) is 11.3 Å². The molecule has 0 saturated carbocycles. The SMILES string of the molecule is Cc1cc(=O)[nH]c(-c2cccc(NS(=O)(=O)c3ccc(C(=O)NCC(F)(F)F)cc3)c2)n1. The minimum atomic E-state index is -4.56. The molecule has 3 N–H and O–H groups in total. The summed E-state index contributed by atoms with van der Waals surface area (Å²) in [5.74, 6) is -0.711. The van der Waals surface area contributed by atoms with E-state index in [0.717, 1.165) is 24.3 Å². The number of carbonyl (C=O) groups is 1. The summed E-state index contributed by atoms with van der Waals surface area (Å²) in [4.78, 5) is 30.0. The Balaban J connectivity index is 1.78. The Morgan fingerprint density at radius 2 is 1.78 bits per heavy atom. The lowest BCUT2D eigenvalue weighted by Gasteiger charge is -2.11. The maximum Gasteiger partial charge on any atom is 0.405 e. The van der Waals surface area contributed by atoms with Gasteiger partial charge in [-0.15, -0.1) is 0 Å². The second-order valence-corrected chi connectivity index (χ2v) is 8.43. The average molecular weight is 466 g/mol. The number of sulfonamides is 1. The zero-order valence-corrected chi connectivity index (χ0v) is 17.3. The van der Waals surface area contributed by atoms with Crippen LogP contribution < -0.4 is 15.6 Å². The molecule has 12 heteroatoms. The van der Waals surface area contributed by atoms with Gasteiger partial charge >= 0.3 is 6.18 Å². The Morgan fingerprint density at radius 3 is 2.41 bits per heavy atom. The van der Waals surface area contributed by atoms with Crippen LogP contribution in [0.2, 0.25) is 0 Å². The molecule has 1 aromatic heterocycles. The van der Waals surface area contributed by atoms with Crippen molar-refractivity contribution in [2.24, 2.45) is 0 Å². The molecule has 168 valence electrons. The minimum absolute atomic E-state index is 0.121. The van der Waals surface area contributed by atoms with Crippen LogP contribution in [-0.4, -0.2) is 37.0 Å². The summed E-state index contributed by atoms with van der Waals surface area (Å²) < 4.78 is 64.3. The number of halogens is 3. The maximum absolute atomic E-state index is 12.7. The van der Waals surface area contributed by atoms with Crippen molar-refractivity contribution in [1.29, 1.82) is 0 Å². The molecule has 8 nitrogen and oxygen atoms in total. The van der Waals surface area contributed by atoms with Gasteiger partial charge < -0.3 is 10.3 Å². The molecule has 1 heterocycles. The van der Waals surface area contributed by atoms with Gasteiger partial charge in [0.2, 0.25) is 0 Å². The number of nitrogens with zero attached hydrogens (tertiary/aromatic N) is 1. The Morgan fingerprint density at radius 1 is 1.09 bits per heavy atom. The molecule has 0 aliphatic carbocycles. The van der Waals surface area contributed by atoms with E-state index in [1.807, 2.05) is 0 Å². The molecule has 3 aromatic rings. The summed E-state index contributed by atoms with van der Waals surface area (Å²) in [7, 11) is -4.06. The van der Waals surface area contributed by atoms with Gasteiger partial charge in [0.05, 0.1) is 4.90 Å². The molecule has 0 bridgehead atoms. The predicted octanol–water partition coefficient (Wildman–Crippen LogP) is 2.84. The van der Waals surface area contributed by atoms with E-state index < -0.39 is 28.7 Å². The number of nitrogens with one attached hydrogen (secondary N) is 3. The predicted molar refractivity (Wildman–Crippen MR) is 111 cm³/mol. The van der Waals surface area contributed by atoms with Crippen LogP contribution in [0.5, 0.6) is 0 Å². The lowest BCUT2D eigenvalue weighted by atomic mass is 10.2. The summed E-state index contributed by atoms with van der Waals surface area (Å²) in [6.07, 6.45) is -4.56. The number of alkyl halides is 3. The van der Waals surface area contributed by atoms with Gasteiger partial charge in [-0.2, -0.15) is 13.2 Å². The van der Waals surface area contributed by atoms with Gasteiger partial charge in [0.15, 0.2) is 0 Å². The van der Waals surface area contributed by atoms with Crippen LogP contribution in [0.15, 0.2) is 64.3 Å². The lowest BCUT2D eigenvalue weighted by molar-refractivity contribution is -0.123. The zero-order chi connectivity index (χ0) is 23.5. The fourth-order valence-corrected chi connectivity index (χ4v) is 3.78. The zero-order valence-electron chi connectivity index (χ0n) is 16.5. The number of hydrogen-bond acceptors (Lipinski definition) is 5. The van der Waals surface area contributed by atoms with E-state index in [4.69, 9.17) is 0 Å². The average Bonchev–Trinajstić information content (AvgIpc) is 2.71. The van der Waals surface area contributed by atoms with Gasteiger partial charge in [-0.1, -0.05) is 12.1 Å². The monoisotopic (exact) mass is 466 g/mol. The van der Waals surface area contributed by atoms with E-state index in [9.17, 15) is 31.2 Å². The third-order valence-electron chi connectivity index (χ3n) is 4.13. The molecule has 0 aliphatic heterocycles. The molecule has 1 amide bonds. The summed E-state index contributed by atoms with van der Waals surface area (Å²) in [6, 6.07) is 11.9. The summed E-state index contributed by atoms with van der Waals surface area (Å²) >= 11 is 0. The van der Waals surface area contributed by atoms with Crippen LogP contribution >= 0.6 is 0 Å². The first-order valence-electron chi connectivity index (χ1n) is 9.09. The second kappa shape index (κ2) is 8.83. The molecular weight excluding hydrogens is 449 g/mol. The molecule has 0 aliphatic rings. The number of hydrogen-bond donors (Lipinski definition) is 3. The van der Waals surface area contributed by atoms with Gasteiger partial charge in [-0.3, -0.25) is 14.3 Å². The van der Waals surface area contributed by atoms with Crippen LogP contribution in [0.1, 0.15) is 16.1 Å². The van der Waals surface area contributed by atoms with E-state index in [-0.39, 0.29) is 27.5 Å². The number of aromatic amines is 1. The van der Waals surface area contributed by atoms with Gasteiger partial charge in [0.25, 0.3) is 21.5 Å². The Labute approximate surface area is 180 Å². The largest absolute Gasteiger partial charge is 0.405 e. The second-order valence-electron chi connectivity index (χ2n) is 6.74. The molecule has 0 unspecified atom stereocenters. The van der Waals surface area contributed by atoms with Crippen LogP contribution in [0, 0.1) is 6.92 Å². The van der Waals surface area contributed by atoms with E-state index in [1.54, 1.807) is 24.4 Å². The first-order valence-corrected chi connectivity index (χ1v) is 10.6. The molecule has 0 atom stereocenters. The van der Waals surface area contributed by atoms with Gasteiger partial charge in [0, 0.05) is 28.6 Å². The number of benzene rings is 2. The van der Waals surface area contributed by atoms with E-state index >= 15 is 0 Å². The highest BCUT2D eigenvalue weighted by atomic mass is 32.2. The fraction of sp³-hybridized carbons (Fsp3) is 0.150. The van der Waals surface area contributed by atoms with Crippen molar-refractivity contribution in [3.05, 3.63) is 76.2 Å². The quantitative estimate of drug-likeness (QED) is 0.516. The number of amides is 1. The third-order valence-corrected chi connectivity index (χ3v) is 5.53. The van der Waals surface area contributed by atoms with Crippen LogP contribution in [0.3, 0.4) is 0 Å². The van der Waals surface area contributed by atoms with Crippen molar-refractivity contribution in [1.82, 2.24) is 15.3 Å². The topological polar surface area (TPSA) is 121 Å². The van der Waals surface area contributed by atoms with Crippen molar-refractivity contribution in [3.8, 4) is 11.4 Å². The van der Waals surface area contributed by atoms with Gasteiger partial charge in [-0.25, -0.2) is 13.4 Å². The molecule has 32 heavy (non-hydrogen) atoms. The third kappa shape index (κ3) is 5.94. The van der Waals surface area contributed by atoms with Gasteiger partial charge in [0.1, 0.15) is 12.4 Å². The van der Waals surface area contributed by atoms with E-state index in [0.29, 0.717) is 11.3 Å². The Hall–Kier alpha value is -3.67. The number of aryl methyl sites for hydroxylation is 1. The first-order chi connectivity index (χ1) is 14.9. The normalized spacial score (nSPS) is 11.8. The highest BCUT2D eigenvalue weighted by Crippen LogP contribution is 2.22. The molecule has 3 rings (SSSR count). The maximum atomic E-state index is 12.7. The Bertz CT molecular complexity index is 1300. The standard InChI is InChI=1S/C20H17F3N4O4S/c1-12-9-17(28)26-18(25-12)14-3-2-4-15(10-14)27-32(30,31)16-7-5-13(6-8-16)19(29)24-11-20(21,22)23/h2-10,27H,11H2,1H3,(H,24,29)(H,25,26,28). The number of carbonyl (C=O) groups excluding carboxylic acids is 1. The van der Waals surface area contributed by atoms with Crippen molar-refractivity contribution < 1.29 is 26.4 Å². The number of anilines is 1. The first kappa shape index (κ1) is 23.0. The minimum Gasteiger partial charge on any atom is -0.343 e. The highest BCUT2D eigenvalue weighted by Gasteiger charge is 2.28. The number of rotatable bonds is 6. The molecule has 2 aromatic carbocycles. The van der Waals surface area contributed by atoms with Gasteiger partial charge in [-0.05, 0) is 43.3 Å². The van der Waals surface area contributed by atoms with Crippen LogP contribution in [0.25, 0.3) is 11.4 Å².